The number of benzene rings is 1. The van der Waals surface area contributed by atoms with Gasteiger partial charge in [0.2, 0.25) is 5.91 Å². The summed E-state index contributed by atoms with van der Waals surface area (Å²) in [5, 5.41) is 4.05. The highest BCUT2D eigenvalue weighted by molar-refractivity contribution is 7.99. The van der Waals surface area contributed by atoms with Gasteiger partial charge < -0.3 is 19.9 Å². The summed E-state index contributed by atoms with van der Waals surface area (Å²) in [7, 11) is 0. The van der Waals surface area contributed by atoms with E-state index in [4.69, 9.17) is 4.74 Å². The Balaban J connectivity index is 1.32. The normalized spacial score (nSPS) is 23.7. The number of para-hydroxylation sites is 1. The maximum absolute atomic E-state index is 13.8. The van der Waals surface area contributed by atoms with Crippen molar-refractivity contribution in [1.29, 1.82) is 0 Å². The number of rotatable bonds is 5. The first kappa shape index (κ1) is 25.4. The highest BCUT2D eigenvalue weighted by Gasteiger charge is 2.38. The number of carbonyl (C=O) groups is 1. The van der Waals surface area contributed by atoms with Crippen LogP contribution in [-0.4, -0.2) is 89.8 Å². The first-order chi connectivity index (χ1) is 17.2. The maximum Gasteiger partial charge on any atom is 0.433 e. The molecule has 4 heterocycles. The fourth-order valence-electron chi connectivity index (χ4n) is 5.28. The number of ether oxygens (including phenoxy) is 1. The van der Waals surface area contributed by atoms with Gasteiger partial charge >= 0.3 is 6.18 Å². The van der Waals surface area contributed by atoms with Gasteiger partial charge in [-0.3, -0.25) is 9.69 Å². The number of nitrogens with zero attached hydrogens (tertiary/aromatic N) is 4. The van der Waals surface area contributed by atoms with Gasteiger partial charge in [-0.05, 0) is 32.4 Å². The van der Waals surface area contributed by atoms with Crippen LogP contribution in [0.2, 0.25) is 0 Å². The van der Waals surface area contributed by atoms with Crippen LogP contribution in [0.25, 0.3) is 10.9 Å². The summed E-state index contributed by atoms with van der Waals surface area (Å²) in [4.78, 5) is 23.0. The molecular formula is C25H32F3N5O2S. The van der Waals surface area contributed by atoms with Crippen LogP contribution in [-0.2, 0) is 11.0 Å². The van der Waals surface area contributed by atoms with Crippen LogP contribution in [0.1, 0.15) is 26.0 Å². The molecule has 5 rings (SSSR count). The van der Waals surface area contributed by atoms with Gasteiger partial charge in [-0.25, -0.2) is 4.98 Å². The van der Waals surface area contributed by atoms with Gasteiger partial charge in [-0.2, -0.15) is 13.2 Å². The summed E-state index contributed by atoms with van der Waals surface area (Å²) in [5.41, 5.74) is -0.140. The first-order valence-corrected chi connectivity index (χ1v) is 13.6. The van der Waals surface area contributed by atoms with Gasteiger partial charge in [0.1, 0.15) is 17.0 Å². The first-order valence-electron chi connectivity index (χ1n) is 12.5. The highest BCUT2D eigenvalue weighted by atomic mass is 32.2. The number of fused-ring (bicyclic) bond motifs is 1. The van der Waals surface area contributed by atoms with Crippen LogP contribution in [0.4, 0.5) is 18.9 Å². The number of alkyl halides is 3. The Labute approximate surface area is 213 Å². The maximum atomic E-state index is 13.8. The number of anilines is 1. The Hall–Kier alpha value is -2.24. The molecule has 1 aromatic heterocycles. The van der Waals surface area contributed by atoms with Crippen molar-refractivity contribution in [2.45, 2.75) is 44.6 Å². The van der Waals surface area contributed by atoms with Crippen LogP contribution in [0.5, 0.6) is 5.75 Å². The molecule has 0 aliphatic carbocycles. The van der Waals surface area contributed by atoms with Gasteiger partial charge in [0.05, 0.1) is 18.0 Å². The molecule has 36 heavy (non-hydrogen) atoms. The van der Waals surface area contributed by atoms with E-state index in [1.54, 1.807) is 23.9 Å². The molecule has 3 fully saturated rings. The van der Waals surface area contributed by atoms with Crippen LogP contribution in [0.3, 0.4) is 0 Å². The minimum absolute atomic E-state index is 0.149. The minimum Gasteiger partial charge on any atom is -0.489 e. The largest absolute Gasteiger partial charge is 0.489 e. The predicted octanol–water partition coefficient (Wildman–Crippen LogP) is 3.43. The van der Waals surface area contributed by atoms with E-state index in [1.807, 2.05) is 29.7 Å². The number of nitrogens with one attached hydrogen (secondary N) is 1. The van der Waals surface area contributed by atoms with Crippen molar-refractivity contribution in [3.63, 3.8) is 0 Å². The minimum atomic E-state index is -4.55. The summed E-state index contributed by atoms with van der Waals surface area (Å²) >= 11 is 1.78. The van der Waals surface area contributed by atoms with E-state index in [1.165, 1.54) is 0 Å². The summed E-state index contributed by atoms with van der Waals surface area (Å²) in [5.74, 6) is 2.31. The molecule has 0 bridgehead atoms. The van der Waals surface area contributed by atoms with Crippen molar-refractivity contribution in [3.05, 3.63) is 30.0 Å². The second-order valence-electron chi connectivity index (χ2n) is 9.86. The van der Waals surface area contributed by atoms with Crippen LogP contribution in [0.15, 0.2) is 24.3 Å². The lowest BCUT2D eigenvalue weighted by atomic mass is 10.1. The second kappa shape index (κ2) is 10.3. The van der Waals surface area contributed by atoms with Crippen LogP contribution in [0, 0.1) is 0 Å². The molecule has 2 aromatic rings. The number of amides is 1. The van der Waals surface area contributed by atoms with Crippen molar-refractivity contribution in [2.75, 3.05) is 55.8 Å². The van der Waals surface area contributed by atoms with E-state index in [0.29, 0.717) is 29.9 Å². The molecule has 11 heteroatoms. The van der Waals surface area contributed by atoms with Gasteiger partial charge in [0, 0.05) is 62.1 Å². The van der Waals surface area contributed by atoms with Crippen LogP contribution < -0.4 is 15.0 Å². The molecule has 1 amide bonds. The molecule has 0 radical (unpaired) electrons. The third kappa shape index (κ3) is 5.24. The average Bonchev–Trinajstić information content (AvgIpc) is 3.55. The standard InChI is InChI=1S/C25H32F3N5O2S/c1-16(2)35-21-5-3-4-18-20(13-22(25(26,27)28)30-23(18)21)32-8-6-31(7-9-32)17-12-19(29-14-17)24(34)33-10-11-36-15-33/h3-5,13,16-17,19,29H,6-12,14-15H2,1-2H3/t17-,19-/m0/s1. The Morgan fingerprint density at radius 2 is 1.97 bits per heavy atom. The van der Waals surface area contributed by atoms with Crippen molar-refractivity contribution < 1.29 is 22.7 Å². The molecule has 3 saturated heterocycles. The quantitative estimate of drug-likeness (QED) is 0.645. The molecular weight excluding hydrogens is 491 g/mol. The smallest absolute Gasteiger partial charge is 0.433 e. The highest BCUT2D eigenvalue weighted by Crippen LogP contribution is 2.38. The lowest BCUT2D eigenvalue weighted by molar-refractivity contribution is -0.141. The number of pyridine rings is 1. The monoisotopic (exact) mass is 523 g/mol. The van der Waals surface area contributed by atoms with E-state index in [2.05, 4.69) is 15.2 Å². The number of hydrogen-bond acceptors (Lipinski definition) is 7. The lowest BCUT2D eigenvalue weighted by Crippen LogP contribution is -2.51. The number of hydrogen-bond donors (Lipinski definition) is 1. The molecule has 3 aliphatic heterocycles. The molecule has 0 unspecified atom stereocenters. The molecule has 3 aliphatic rings. The van der Waals surface area contributed by atoms with Crippen molar-refractivity contribution >= 4 is 34.3 Å². The lowest BCUT2D eigenvalue weighted by Gasteiger charge is -2.39. The van der Waals surface area contributed by atoms with Crippen molar-refractivity contribution in [3.8, 4) is 5.75 Å². The Morgan fingerprint density at radius 1 is 1.19 bits per heavy atom. The second-order valence-corrected chi connectivity index (χ2v) is 10.9. The topological polar surface area (TPSA) is 60.9 Å². The van der Waals surface area contributed by atoms with Gasteiger partial charge in [-0.1, -0.05) is 12.1 Å². The molecule has 0 spiro atoms. The fourth-order valence-corrected chi connectivity index (χ4v) is 6.24. The molecule has 2 atom stereocenters. The summed E-state index contributed by atoms with van der Waals surface area (Å²) < 4.78 is 47.1. The Kier molecular flexibility index (Phi) is 7.24. The van der Waals surface area contributed by atoms with E-state index in [-0.39, 0.29) is 29.6 Å². The number of aromatic nitrogens is 1. The number of halogens is 3. The number of thioether (sulfide) groups is 1. The Morgan fingerprint density at radius 3 is 2.64 bits per heavy atom. The molecule has 0 saturated carbocycles. The fraction of sp³-hybridized carbons (Fsp3) is 0.600. The van der Waals surface area contributed by atoms with E-state index >= 15 is 0 Å². The molecule has 7 nitrogen and oxygen atoms in total. The third-order valence-corrected chi connectivity index (χ3v) is 8.04. The zero-order valence-electron chi connectivity index (χ0n) is 20.6. The molecule has 1 N–H and O–H groups in total. The summed E-state index contributed by atoms with van der Waals surface area (Å²) in [6.07, 6.45) is -3.97. The third-order valence-electron chi connectivity index (χ3n) is 7.08. The van der Waals surface area contributed by atoms with Crippen LogP contribution >= 0.6 is 11.8 Å². The number of piperazine rings is 1. The van der Waals surface area contributed by atoms with E-state index in [0.717, 1.165) is 50.3 Å². The summed E-state index contributed by atoms with van der Waals surface area (Å²) in [6, 6.07) is 6.55. The zero-order valence-corrected chi connectivity index (χ0v) is 21.4. The van der Waals surface area contributed by atoms with E-state index < -0.39 is 11.9 Å². The van der Waals surface area contributed by atoms with Crippen molar-refractivity contribution in [1.82, 2.24) is 20.1 Å². The Bertz CT molecular complexity index is 1100. The summed E-state index contributed by atoms with van der Waals surface area (Å²) in [6.45, 7) is 7.89. The average molecular weight is 524 g/mol. The van der Waals surface area contributed by atoms with E-state index in [9.17, 15) is 18.0 Å². The molecule has 1 aromatic carbocycles. The predicted molar refractivity (Wildman–Crippen MR) is 136 cm³/mol. The zero-order chi connectivity index (χ0) is 25.4. The van der Waals surface area contributed by atoms with Crippen molar-refractivity contribution in [2.24, 2.45) is 0 Å². The SMILES string of the molecule is CC(C)Oc1cccc2c(N3CCN([C@@H]4CN[C@H](C(=O)N5CCSC5)C4)CC3)cc(C(F)(F)F)nc12. The molecule has 196 valence electrons. The number of carbonyl (C=O) groups excluding carboxylic acids is 1. The van der Waals surface area contributed by atoms with Gasteiger partial charge in [-0.15, -0.1) is 11.8 Å². The van der Waals surface area contributed by atoms with Gasteiger partial charge in [0.25, 0.3) is 0 Å². The van der Waals surface area contributed by atoms with Gasteiger partial charge in [0.15, 0.2) is 0 Å².